The largest absolute Gasteiger partial charge is 0.464 e. The van der Waals surface area contributed by atoms with Crippen LogP contribution in [-0.4, -0.2) is 37.1 Å². The van der Waals surface area contributed by atoms with Gasteiger partial charge in [0.05, 0.1) is 5.92 Å². The molecule has 1 aromatic rings. The van der Waals surface area contributed by atoms with Crippen molar-refractivity contribution >= 4 is 18.4 Å². The van der Waals surface area contributed by atoms with Gasteiger partial charge in [0.1, 0.15) is 6.61 Å². The number of hydrogen-bond donors (Lipinski definition) is 0. The van der Waals surface area contributed by atoms with Gasteiger partial charge in [0.25, 0.3) is 0 Å². The molecule has 1 aliphatic heterocycles. The van der Waals surface area contributed by atoms with Crippen LogP contribution >= 0.6 is 12.4 Å². The summed E-state index contributed by atoms with van der Waals surface area (Å²) in [5, 5.41) is 0. The Hall–Kier alpha value is -1.06. The summed E-state index contributed by atoms with van der Waals surface area (Å²) in [4.78, 5) is 15.2. The van der Waals surface area contributed by atoms with Crippen LogP contribution in [0.3, 0.4) is 0 Å². The molecule has 1 atom stereocenters. The first-order chi connectivity index (χ1) is 11.3. The second-order valence-electron chi connectivity index (χ2n) is 7.00. The van der Waals surface area contributed by atoms with E-state index in [2.05, 4.69) is 17.0 Å². The number of likely N-dealkylation sites (tertiary alicyclic amines) is 1. The second-order valence-corrected chi connectivity index (χ2v) is 7.00. The summed E-state index contributed by atoms with van der Waals surface area (Å²) in [5.41, 5.74) is 1.13. The Labute approximate surface area is 152 Å². The number of hydrogen-bond acceptors (Lipinski definition) is 3. The lowest BCUT2D eigenvalue weighted by atomic mass is 9.77. The lowest BCUT2D eigenvalue weighted by Gasteiger charge is -2.29. The Morgan fingerprint density at radius 1 is 1.04 bits per heavy atom. The molecule has 0 amide bonds. The highest BCUT2D eigenvalue weighted by molar-refractivity contribution is 5.85. The summed E-state index contributed by atoms with van der Waals surface area (Å²) in [7, 11) is 0. The van der Waals surface area contributed by atoms with E-state index in [1.54, 1.807) is 0 Å². The molecule has 24 heavy (non-hydrogen) atoms. The molecule has 1 saturated carbocycles. The molecule has 0 radical (unpaired) electrons. The van der Waals surface area contributed by atoms with Crippen molar-refractivity contribution in [2.75, 3.05) is 26.2 Å². The summed E-state index contributed by atoms with van der Waals surface area (Å²) >= 11 is 0. The van der Waals surface area contributed by atoms with E-state index in [1.807, 2.05) is 18.2 Å². The lowest BCUT2D eigenvalue weighted by Crippen LogP contribution is -2.29. The van der Waals surface area contributed by atoms with Crippen molar-refractivity contribution in [3.8, 4) is 0 Å². The van der Waals surface area contributed by atoms with Gasteiger partial charge in [-0.05, 0) is 50.3 Å². The van der Waals surface area contributed by atoms with Gasteiger partial charge in [-0.3, -0.25) is 9.69 Å². The molecular weight excluding hydrogens is 322 g/mol. The number of benzene rings is 1. The quantitative estimate of drug-likeness (QED) is 0.711. The molecule has 4 heteroatoms. The maximum absolute atomic E-state index is 12.8. The average molecular weight is 352 g/mol. The molecule has 0 spiro atoms. The smallest absolute Gasteiger partial charge is 0.313 e. The minimum atomic E-state index is -0.0740. The van der Waals surface area contributed by atoms with Gasteiger partial charge in [-0.1, -0.05) is 49.6 Å². The number of carbonyl (C=O) groups is 1. The van der Waals surface area contributed by atoms with Crippen LogP contribution in [0, 0.1) is 5.92 Å². The predicted molar refractivity (Wildman–Crippen MR) is 99.6 cm³/mol. The fourth-order valence-corrected chi connectivity index (χ4v) is 4.10. The normalized spacial score (nSPS) is 20.3. The van der Waals surface area contributed by atoms with Crippen LogP contribution in [0.5, 0.6) is 0 Å². The molecule has 134 valence electrons. The summed E-state index contributed by atoms with van der Waals surface area (Å²) in [6.07, 6.45) is 8.67. The number of ether oxygens (including phenoxy) is 1. The zero-order valence-corrected chi connectivity index (χ0v) is 15.3. The second kappa shape index (κ2) is 10.0. The van der Waals surface area contributed by atoms with Crippen molar-refractivity contribution in [1.82, 2.24) is 4.90 Å². The first kappa shape index (κ1) is 19.3. The van der Waals surface area contributed by atoms with E-state index in [4.69, 9.17) is 4.74 Å². The van der Waals surface area contributed by atoms with Gasteiger partial charge in [-0.2, -0.15) is 0 Å². The summed E-state index contributed by atoms with van der Waals surface area (Å²) < 4.78 is 5.69. The number of rotatable bonds is 6. The molecule has 0 bridgehead atoms. The maximum Gasteiger partial charge on any atom is 0.313 e. The first-order valence-corrected chi connectivity index (χ1v) is 9.28. The Bertz CT molecular complexity index is 482. The van der Waals surface area contributed by atoms with E-state index in [-0.39, 0.29) is 24.3 Å². The molecule has 0 N–H and O–H groups in total. The van der Waals surface area contributed by atoms with E-state index in [1.165, 1.54) is 32.1 Å². The third-order valence-electron chi connectivity index (χ3n) is 5.38. The number of carbonyl (C=O) groups excluding carboxylic acids is 1. The molecular formula is C20H30ClNO2. The third kappa shape index (κ3) is 5.22. The van der Waals surface area contributed by atoms with Gasteiger partial charge in [-0.25, -0.2) is 0 Å². The van der Waals surface area contributed by atoms with Crippen LogP contribution in [0.25, 0.3) is 0 Å². The van der Waals surface area contributed by atoms with Gasteiger partial charge < -0.3 is 4.74 Å². The first-order valence-electron chi connectivity index (χ1n) is 9.28. The van der Waals surface area contributed by atoms with Crippen LogP contribution in [-0.2, 0) is 9.53 Å². The van der Waals surface area contributed by atoms with Crippen LogP contribution in [0.2, 0.25) is 0 Å². The zero-order valence-electron chi connectivity index (χ0n) is 14.5. The molecule has 2 fully saturated rings. The summed E-state index contributed by atoms with van der Waals surface area (Å²) in [5.74, 6) is 0.364. The van der Waals surface area contributed by atoms with Crippen LogP contribution in [0.4, 0.5) is 0 Å². The highest BCUT2D eigenvalue weighted by atomic mass is 35.5. The Kier molecular flexibility index (Phi) is 8.07. The molecule has 0 aromatic heterocycles. The molecule has 1 saturated heterocycles. The fraction of sp³-hybridized carbons (Fsp3) is 0.650. The van der Waals surface area contributed by atoms with Crippen molar-refractivity contribution in [3.63, 3.8) is 0 Å². The number of halogens is 1. The van der Waals surface area contributed by atoms with Crippen molar-refractivity contribution in [2.45, 2.75) is 50.9 Å². The van der Waals surface area contributed by atoms with E-state index in [0.717, 1.165) is 38.0 Å². The highest BCUT2D eigenvalue weighted by Crippen LogP contribution is 2.36. The third-order valence-corrected chi connectivity index (χ3v) is 5.38. The summed E-state index contributed by atoms with van der Waals surface area (Å²) in [6.45, 7) is 3.73. The molecule has 1 aliphatic carbocycles. The Balaban J connectivity index is 0.00000208. The molecule has 2 aliphatic rings. The highest BCUT2D eigenvalue weighted by Gasteiger charge is 2.32. The van der Waals surface area contributed by atoms with Crippen molar-refractivity contribution in [1.29, 1.82) is 0 Å². The number of esters is 1. The minimum absolute atomic E-state index is 0. The molecule has 3 nitrogen and oxygen atoms in total. The monoisotopic (exact) mass is 351 g/mol. The summed E-state index contributed by atoms with van der Waals surface area (Å²) in [6, 6.07) is 10.2. The van der Waals surface area contributed by atoms with Gasteiger partial charge in [0, 0.05) is 6.54 Å². The zero-order chi connectivity index (χ0) is 15.9. The van der Waals surface area contributed by atoms with Gasteiger partial charge >= 0.3 is 5.97 Å². The average Bonchev–Trinajstić information content (AvgIpc) is 3.10. The SMILES string of the molecule is Cl.O=C(OCCN1CCCC1)C(c1ccccc1)C1CCCCC1. The molecule has 1 aromatic carbocycles. The van der Waals surface area contributed by atoms with E-state index >= 15 is 0 Å². The molecule has 3 rings (SSSR count). The van der Waals surface area contributed by atoms with E-state index in [9.17, 15) is 4.79 Å². The maximum atomic E-state index is 12.8. The Morgan fingerprint density at radius 2 is 1.71 bits per heavy atom. The van der Waals surface area contributed by atoms with Crippen molar-refractivity contribution < 1.29 is 9.53 Å². The minimum Gasteiger partial charge on any atom is -0.464 e. The Morgan fingerprint density at radius 3 is 2.38 bits per heavy atom. The van der Waals surface area contributed by atoms with Crippen LogP contribution in [0.1, 0.15) is 56.4 Å². The topological polar surface area (TPSA) is 29.5 Å². The van der Waals surface area contributed by atoms with E-state index < -0.39 is 0 Å². The van der Waals surface area contributed by atoms with Crippen molar-refractivity contribution in [2.24, 2.45) is 5.92 Å². The van der Waals surface area contributed by atoms with E-state index in [0.29, 0.717) is 12.5 Å². The van der Waals surface area contributed by atoms with Gasteiger partial charge in [-0.15, -0.1) is 12.4 Å². The van der Waals surface area contributed by atoms with Crippen LogP contribution in [0.15, 0.2) is 30.3 Å². The fourth-order valence-electron chi connectivity index (χ4n) is 4.10. The van der Waals surface area contributed by atoms with Gasteiger partial charge in [0.15, 0.2) is 0 Å². The predicted octanol–water partition coefficient (Wildman–Crippen LogP) is 4.41. The molecule has 1 unspecified atom stereocenters. The van der Waals surface area contributed by atoms with Crippen molar-refractivity contribution in [3.05, 3.63) is 35.9 Å². The van der Waals surface area contributed by atoms with Gasteiger partial charge in [0.2, 0.25) is 0 Å². The standard InChI is InChI=1S/C20H29NO2.ClH/c22-20(23-16-15-21-13-7-8-14-21)19(17-9-3-1-4-10-17)18-11-5-2-6-12-18;/h1,3-4,9-10,18-19H,2,5-8,11-16H2;1H. The molecule has 1 heterocycles. The lowest BCUT2D eigenvalue weighted by molar-refractivity contribution is -0.147. The number of nitrogens with zero attached hydrogens (tertiary/aromatic N) is 1. The van der Waals surface area contributed by atoms with Crippen LogP contribution < -0.4 is 0 Å².